The maximum Gasteiger partial charge on any atom is 0.123 e. The number of rotatable bonds is 3. The van der Waals surface area contributed by atoms with Gasteiger partial charge < -0.3 is 16.3 Å². The van der Waals surface area contributed by atoms with Crippen LogP contribution in [0, 0.1) is 0 Å². The fourth-order valence-electron chi connectivity index (χ4n) is 0.998. The quantitative estimate of drug-likeness (QED) is 0.306. The lowest BCUT2D eigenvalue weighted by atomic mass is 10.1. The van der Waals surface area contributed by atoms with Crippen LogP contribution in [-0.2, 0) is 6.42 Å². The van der Waals surface area contributed by atoms with Gasteiger partial charge in [-0.05, 0) is 17.7 Å². The number of ether oxygens (including phenoxy) is 1. The third-order valence-electron chi connectivity index (χ3n) is 1.71. The summed E-state index contributed by atoms with van der Waals surface area (Å²) in [5, 5.41) is 3.39. The maximum atomic E-state index is 5.47. The first-order valence-electron chi connectivity index (χ1n) is 3.91. The van der Waals surface area contributed by atoms with Gasteiger partial charge in [0, 0.05) is 6.42 Å². The molecule has 0 aliphatic carbocycles. The summed E-state index contributed by atoms with van der Waals surface area (Å²) in [6.45, 7) is 0. The molecular formula is C9H13N3O. The molecule has 1 aromatic rings. The van der Waals surface area contributed by atoms with E-state index in [2.05, 4.69) is 5.10 Å². The first kappa shape index (κ1) is 9.38. The zero-order valence-electron chi connectivity index (χ0n) is 7.53. The normalized spacial score (nSPS) is 11.3. The van der Waals surface area contributed by atoms with Crippen LogP contribution in [0.15, 0.2) is 29.4 Å². The van der Waals surface area contributed by atoms with Gasteiger partial charge in [0.1, 0.15) is 11.6 Å². The SMILES string of the molecule is COc1ccc(CC(N)=NN)cc1. The molecule has 13 heavy (non-hydrogen) atoms. The second-order valence-corrected chi connectivity index (χ2v) is 2.65. The van der Waals surface area contributed by atoms with Crippen LogP contribution in [0.1, 0.15) is 5.56 Å². The molecule has 0 heterocycles. The summed E-state index contributed by atoms with van der Waals surface area (Å²) in [5.74, 6) is 6.26. The van der Waals surface area contributed by atoms with E-state index >= 15 is 0 Å². The smallest absolute Gasteiger partial charge is 0.123 e. The number of amidine groups is 1. The molecule has 4 heteroatoms. The van der Waals surface area contributed by atoms with Gasteiger partial charge in [0.05, 0.1) is 7.11 Å². The molecular weight excluding hydrogens is 166 g/mol. The Bertz CT molecular complexity index is 292. The zero-order chi connectivity index (χ0) is 9.68. The van der Waals surface area contributed by atoms with E-state index in [1.54, 1.807) is 7.11 Å². The lowest BCUT2D eigenvalue weighted by molar-refractivity contribution is 0.414. The molecule has 0 unspecified atom stereocenters. The van der Waals surface area contributed by atoms with Crippen molar-refractivity contribution in [3.63, 3.8) is 0 Å². The topological polar surface area (TPSA) is 73.6 Å². The molecule has 1 aromatic carbocycles. The molecule has 1 rings (SSSR count). The average molecular weight is 179 g/mol. The number of hydrazone groups is 1. The lowest BCUT2D eigenvalue weighted by Crippen LogP contribution is -2.16. The molecule has 0 radical (unpaired) electrons. The van der Waals surface area contributed by atoms with E-state index in [0.29, 0.717) is 12.3 Å². The Morgan fingerprint density at radius 2 is 2.00 bits per heavy atom. The molecule has 70 valence electrons. The Kier molecular flexibility index (Phi) is 3.14. The number of hydrogen-bond acceptors (Lipinski definition) is 3. The highest BCUT2D eigenvalue weighted by Crippen LogP contribution is 2.11. The second kappa shape index (κ2) is 4.35. The van der Waals surface area contributed by atoms with Crippen molar-refractivity contribution in [3.8, 4) is 5.75 Å². The van der Waals surface area contributed by atoms with Gasteiger partial charge in [0.2, 0.25) is 0 Å². The number of nitrogens with two attached hydrogens (primary N) is 2. The number of benzene rings is 1. The summed E-state index contributed by atoms with van der Waals surface area (Å²) in [7, 11) is 1.63. The van der Waals surface area contributed by atoms with Crippen LogP contribution in [0.25, 0.3) is 0 Å². The summed E-state index contributed by atoms with van der Waals surface area (Å²) in [5.41, 5.74) is 6.53. The van der Waals surface area contributed by atoms with Gasteiger partial charge in [0.25, 0.3) is 0 Å². The lowest BCUT2D eigenvalue weighted by Gasteiger charge is -2.02. The largest absolute Gasteiger partial charge is 0.497 e. The van der Waals surface area contributed by atoms with E-state index in [1.807, 2.05) is 24.3 Å². The Morgan fingerprint density at radius 1 is 1.38 bits per heavy atom. The molecule has 0 aliphatic heterocycles. The minimum atomic E-state index is 0.421. The van der Waals surface area contributed by atoms with Crippen molar-refractivity contribution >= 4 is 5.84 Å². The molecule has 4 nitrogen and oxygen atoms in total. The summed E-state index contributed by atoms with van der Waals surface area (Å²) in [6, 6.07) is 7.60. The molecule has 0 saturated carbocycles. The molecule has 0 atom stereocenters. The molecule has 0 spiro atoms. The van der Waals surface area contributed by atoms with Crippen LogP contribution in [0.2, 0.25) is 0 Å². The fraction of sp³-hybridized carbons (Fsp3) is 0.222. The molecule has 4 N–H and O–H groups in total. The predicted molar refractivity (Wildman–Crippen MR) is 52.5 cm³/mol. The first-order chi connectivity index (χ1) is 6.26. The van der Waals surface area contributed by atoms with Crippen molar-refractivity contribution in [2.75, 3.05) is 7.11 Å². The summed E-state index contributed by atoms with van der Waals surface area (Å²) >= 11 is 0. The number of methoxy groups -OCH3 is 1. The Hall–Kier alpha value is -1.71. The van der Waals surface area contributed by atoms with E-state index in [0.717, 1.165) is 11.3 Å². The van der Waals surface area contributed by atoms with Crippen molar-refractivity contribution in [2.24, 2.45) is 16.7 Å². The molecule has 0 bridgehead atoms. The minimum Gasteiger partial charge on any atom is -0.497 e. The van der Waals surface area contributed by atoms with Crippen molar-refractivity contribution in [2.45, 2.75) is 6.42 Å². The van der Waals surface area contributed by atoms with Crippen LogP contribution >= 0.6 is 0 Å². The molecule has 0 amide bonds. The highest BCUT2D eigenvalue weighted by atomic mass is 16.5. The van der Waals surface area contributed by atoms with E-state index in [4.69, 9.17) is 16.3 Å². The Labute approximate surface area is 77.2 Å². The van der Waals surface area contributed by atoms with Gasteiger partial charge in [-0.3, -0.25) is 0 Å². The summed E-state index contributed by atoms with van der Waals surface area (Å²) in [6.07, 6.45) is 0.570. The highest BCUT2D eigenvalue weighted by molar-refractivity contribution is 5.82. The number of hydrogen-bond donors (Lipinski definition) is 2. The van der Waals surface area contributed by atoms with Gasteiger partial charge in [-0.1, -0.05) is 12.1 Å². The van der Waals surface area contributed by atoms with E-state index in [-0.39, 0.29) is 0 Å². The van der Waals surface area contributed by atoms with Gasteiger partial charge >= 0.3 is 0 Å². The van der Waals surface area contributed by atoms with Crippen LogP contribution < -0.4 is 16.3 Å². The molecule has 0 aromatic heterocycles. The third kappa shape index (κ3) is 2.66. The van der Waals surface area contributed by atoms with Crippen LogP contribution in [0.3, 0.4) is 0 Å². The maximum absolute atomic E-state index is 5.47. The van der Waals surface area contributed by atoms with Crippen LogP contribution in [-0.4, -0.2) is 12.9 Å². The van der Waals surface area contributed by atoms with Gasteiger partial charge in [-0.15, -0.1) is 0 Å². The standard InChI is InChI=1S/C9H13N3O/c1-13-8-4-2-7(3-5-8)6-9(10)12-11/h2-5H,6,11H2,1H3,(H2,10,12). The van der Waals surface area contributed by atoms with Crippen LogP contribution in [0.4, 0.5) is 0 Å². The van der Waals surface area contributed by atoms with E-state index in [9.17, 15) is 0 Å². The van der Waals surface area contributed by atoms with Crippen molar-refractivity contribution in [3.05, 3.63) is 29.8 Å². The Morgan fingerprint density at radius 3 is 2.46 bits per heavy atom. The summed E-state index contributed by atoms with van der Waals surface area (Å²) in [4.78, 5) is 0. The zero-order valence-corrected chi connectivity index (χ0v) is 7.53. The van der Waals surface area contributed by atoms with Gasteiger partial charge in [-0.2, -0.15) is 5.10 Å². The van der Waals surface area contributed by atoms with E-state index in [1.165, 1.54) is 0 Å². The predicted octanol–water partition coefficient (Wildman–Crippen LogP) is 0.469. The van der Waals surface area contributed by atoms with Gasteiger partial charge in [-0.25, -0.2) is 0 Å². The fourth-order valence-corrected chi connectivity index (χ4v) is 0.998. The number of nitrogens with zero attached hydrogens (tertiary/aromatic N) is 1. The highest BCUT2D eigenvalue weighted by Gasteiger charge is 1.96. The average Bonchev–Trinajstić information content (AvgIpc) is 2.19. The van der Waals surface area contributed by atoms with Gasteiger partial charge in [0.15, 0.2) is 0 Å². The first-order valence-corrected chi connectivity index (χ1v) is 3.91. The Balaban J connectivity index is 2.69. The molecule has 0 aliphatic rings. The third-order valence-corrected chi connectivity index (χ3v) is 1.71. The second-order valence-electron chi connectivity index (χ2n) is 2.65. The summed E-state index contributed by atoms with van der Waals surface area (Å²) < 4.78 is 5.01. The molecule has 0 fully saturated rings. The van der Waals surface area contributed by atoms with Crippen LogP contribution in [0.5, 0.6) is 5.75 Å². The van der Waals surface area contributed by atoms with Crippen molar-refractivity contribution < 1.29 is 4.74 Å². The van der Waals surface area contributed by atoms with E-state index < -0.39 is 0 Å². The molecule has 0 saturated heterocycles. The van der Waals surface area contributed by atoms with Crippen molar-refractivity contribution in [1.82, 2.24) is 0 Å². The monoisotopic (exact) mass is 179 g/mol. The minimum absolute atomic E-state index is 0.421. The van der Waals surface area contributed by atoms with Crippen molar-refractivity contribution in [1.29, 1.82) is 0 Å².